The van der Waals surface area contributed by atoms with Gasteiger partial charge in [0.05, 0.1) is 4.47 Å². The molecule has 5 heteroatoms. The first-order chi connectivity index (χ1) is 15.1. The van der Waals surface area contributed by atoms with Crippen molar-refractivity contribution in [1.29, 1.82) is 0 Å². The van der Waals surface area contributed by atoms with Gasteiger partial charge in [0.2, 0.25) is 0 Å². The Hall–Kier alpha value is -2.63. The van der Waals surface area contributed by atoms with Gasteiger partial charge < -0.3 is 9.64 Å². The molecule has 0 aliphatic carbocycles. The molecule has 0 spiro atoms. The largest absolute Gasteiger partial charge is 0.488 e. The normalized spacial score (nSPS) is 14.5. The van der Waals surface area contributed by atoms with Gasteiger partial charge in [-0.1, -0.05) is 48.5 Å². The quantitative estimate of drug-likeness (QED) is 0.482. The van der Waals surface area contributed by atoms with E-state index in [2.05, 4.69) is 52.0 Å². The maximum absolute atomic E-state index is 13.1. The van der Waals surface area contributed by atoms with Crippen LogP contribution in [-0.2, 0) is 13.2 Å². The molecular weight excluding hydrogens is 452 g/mol. The standard InChI is InChI=1S/C26H27BrN2O2/c1-20-7-2-3-9-23(20)18-28-13-15-29(16-14-28)26(30)22-10-6-8-21(17-22)19-31-25-12-5-4-11-24(25)27/h2-12,17H,13-16,18-19H2,1H3. The minimum absolute atomic E-state index is 0.0956. The number of aryl methyl sites for hydroxylation is 1. The van der Waals surface area contributed by atoms with Crippen LogP contribution in [0.3, 0.4) is 0 Å². The van der Waals surface area contributed by atoms with Crippen LogP contribution in [-0.4, -0.2) is 41.9 Å². The highest BCUT2D eigenvalue weighted by molar-refractivity contribution is 9.10. The Bertz CT molecular complexity index is 1040. The summed E-state index contributed by atoms with van der Waals surface area (Å²) in [4.78, 5) is 17.4. The van der Waals surface area contributed by atoms with E-state index in [1.165, 1.54) is 11.1 Å². The zero-order valence-electron chi connectivity index (χ0n) is 17.8. The van der Waals surface area contributed by atoms with Gasteiger partial charge in [-0.05, 0) is 63.8 Å². The zero-order chi connectivity index (χ0) is 21.6. The Morgan fingerprint density at radius 1 is 0.935 bits per heavy atom. The molecule has 0 saturated carbocycles. The first-order valence-corrected chi connectivity index (χ1v) is 11.4. The van der Waals surface area contributed by atoms with Crippen molar-refractivity contribution >= 4 is 21.8 Å². The van der Waals surface area contributed by atoms with E-state index < -0.39 is 0 Å². The highest BCUT2D eigenvalue weighted by Crippen LogP contribution is 2.25. The second-order valence-electron chi connectivity index (χ2n) is 7.91. The van der Waals surface area contributed by atoms with Crippen LogP contribution < -0.4 is 4.74 Å². The fourth-order valence-electron chi connectivity index (χ4n) is 3.84. The molecule has 160 valence electrons. The van der Waals surface area contributed by atoms with Crippen molar-refractivity contribution in [2.24, 2.45) is 0 Å². The van der Waals surface area contributed by atoms with Crippen LogP contribution in [0.5, 0.6) is 5.75 Å². The summed E-state index contributed by atoms with van der Waals surface area (Å²) in [6.07, 6.45) is 0. The van der Waals surface area contributed by atoms with Crippen LogP contribution in [0.15, 0.2) is 77.3 Å². The molecule has 3 aromatic rings. The van der Waals surface area contributed by atoms with E-state index >= 15 is 0 Å². The fraction of sp³-hybridized carbons (Fsp3) is 0.269. The molecule has 0 radical (unpaired) electrons. The Balaban J connectivity index is 1.33. The second-order valence-corrected chi connectivity index (χ2v) is 8.77. The number of nitrogens with zero attached hydrogens (tertiary/aromatic N) is 2. The number of para-hydroxylation sites is 1. The number of amides is 1. The number of benzene rings is 3. The lowest BCUT2D eigenvalue weighted by molar-refractivity contribution is 0.0628. The third kappa shape index (κ3) is 5.54. The Morgan fingerprint density at radius 2 is 1.68 bits per heavy atom. The third-order valence-corrected chi connectivity index (χ3v) is 6.37. The van der Waals surface area contributed by atoms with E-state index in [1.807, 2.05) is 53.4 Å². The molecule has 1 amide bonds. The van der Waals surface area contributed by atoms with E-state index in [9.17, 15) is 4.79 Å². The van der Waals surface area contributed by atoms with Gasteiger partial charge in [-0.2, -0.15) is 0 Å². The van der Waals surface area contributed by atoms with Crippen molar-refractivity contribution in [2.75, 3.05) is 26.2 Å². The minimum Gasteiger partial charge on any atom is -0.488 e. The van der Waals surface area contributed by atoms with Crippen LogP contribution in [0.25, 0.3) is 0 Å². The van der Waals surface area contributed by atoms with Gasteiger partial charge in [-0.3, -0.25) is 9.69 Å². The number of carbonyl (C=O) groups is 1. The van der Waals surface area contributed by atoms with Gasteiger partial charge in [-0.15, -0.1) is 0 Å². The first-order valence-electron chi connectivity index (χ1n) is 10.6. The molecule has 1 fully saturated rings. The van der Waals surface area contributed by atoms with Crippen LogP contribution in [0.2, 0.25) is 0 Å². The van der Waals surface area contributed by atoms with Crippen molar-refractivity contribution in [3.63, 3.8) is 0 Å². The molecule has 4 rings (SSSR count). The molecule has 0 bridgehead atoms. The predicted molar refractivity (Wildman–Crippen MR) is 127 cm³/mol. The number of piperazine rings is 1. The van der Waals surface area contributed by atoms with Crippen molar-refractivity contribution in [3.8, 4) is 5.75 Å². The molecule has 0 unspecified atom stereocenters. The number of ether oxygens (including phenoxy) is 1. The van der Waals surface area contributed by atoms with Crippen LogP contribution in [0.1, 0.15) is 27.0 Å². The summed E-state index contributed by atoms with van der Waals surface area (Å²) in [6, 6.07) is 24.1. The van der Waals surface area contributed by atoms with Crippen molar-refractivity contribution in [2.45, 2.75) is 20.1 Å². The van der Waals surface area contributed by atoms with E-state index in [0.717, 1.165) is 54.1 Å². The van der Waals surface area contributed by atoms with Gasteiger partial charge in [0.25, 0.3) is 5.91 Å². The predicted octanol–water partition coefficient (Wildman–Crippen LogP) is 5.29. The number of hydrogen-bond acceptors (Lipinski definition) is 3. The van der Waals surface area contributed by atoms with E-state index in [0.29, 0.717) is 6.61 Å². The lowest BCUT2D eigenvalue weighted by atomic mass is 10.1. The van der Waals surface area contributed by atoms with Crippen molar-refractivity contribution in [3.05, 3.63) is 99.5 Å². The van der Waals surface area contributed by atoms with Crippen LogP contribution in [0, 0.1) is 6.92 Å². The number of halogens is 1. The molecule has 4 nitrogen and oxygen atoms in total. The summed E-state index contributed by atoms with van der Waals surface area (Å²) in [5.41, 5.74) is 4.39. The summed E-state index contributed by atoms with van der Waals surface area (Å²) in [5, 5.41) is 0. The second kappa shape index (κ2) is 10.1. The Morgan fingerprint density at radius 3 is 2.45 bits per heavy atom. The maximum Gasteiger partial charge on any atom is 0.253 e. The summed E-state index contributed by atoms with van der Waals surface area (Å²) in [7, 11) is 0. The molecule has 1 aliphatic heterocycles. The molecule has 1 heterocycles. The summed E-state index contributed by atoms with van der Waals surface area (Å²) in [5.74, 6) is 0.891. The smallest absolute Gasteiger partial charge is 0.253 e. The number of rotatable bonds is 6. The third-order valence-electron chi connectivity index (χ3n) is 5.72. The van der Waals surface area contributed by atoms with Crippen molar-refractivity contribution in [1.82, 2.24) is 9.80 Å². The molecule has 3 aromatic carbocycles. The fourth-order valence-corrected chi connectivity index (χ4v) is 4.24. The van der Waals surface area contributed by atoms with Gasteiger partial charge >= 0.3 is 0 Å². The molecule has 1 aliphatic rings. The average molecular weight is 479 g/mol. The summed E-state index contributed by atoms with van der Waals surface area (Å²) in [6.45, 7) is 6.81. The molecule has 0 atom stereocenters. The first kappa shape index (κ1) is 21.6. The lowest BCUT2D eigenvalue weighted by Gasteiger charge is -2.35. The summed E-state index contributed by atoms with van der Waals surface area (Å²) >= 11 is 3.50. The SMILES string of the molecule is Cc1ccccc1CN1CCN(C(=O)c2cccc(COc3ccccc3Br)c2)CC1. The Kier molecular flexibility index (Phi) is 7.05. The van der Waals surface area contributed by atoms with Gasteiger partial charge in [0, 0.05) is 38.3 Å². The average Bonchev–Trinajstić information content (AvgIpc) is 2.80. The monoisotopic (exact) mass is 478 g/mol. The summed E-state index contributed by atoms with van der Waals surface area (Å²) < 4.78 is 6.83. The Labute approximate surface area is 192 Å². The highest BCUT2D eigenvalue weighted by atomic mass is 79.9. The molecular formula is C26H27BrN2O2. The topological polar surface area (TPSA) is 32.8 Å². The number of carbonyl (C=O) groups excluding carboxylic acids is 1. The minimum atomic E-state index is 0.0956. The molecule has 1 saturated heterocycles. The van der Waals surface area contributed by atoms with E-state index in [4.69, 9.17) is 4.74 Å². The lowest BCUT2D eigenvalue weighted by Crippen LogP contribution is -2.48. The number of hydrogen-bond donors (Lipinski definition) is 0. The van der Waals surface area contributed by atoms with Gasteiger partial charge in [0.1, 0.15) is 12.4 Å². The maximum atomic E-state index is 13.1. The van der Waals surface area contributed by atoms with Gasteiger partial charge in [-0.25, -0.2) is 0 Å². The van der Waals surface area contributed by atoms with E-state index in [1.54, 1.807) is 0 Å². The van der Waals surface area contributed by atoms with Crippen LogP contribution in [0.4, 0.5) is 0 Å². The molecule has 31 heavy (non-hydrogen) atoms. The molecule has 0 N–H and O–H groups in total. The van der Waals surface area contributed by atoms with Gasteiger partial charge in [0.15, 0.2) is 0 Å². The van der Waals surface area contributed by atoms with Crippen molar-refractivity contribution < 1.29 is 9.53 Å². The molecule has 0 aromatic heterocycles. The highest BCUT2D eigenvalue weighted by Gasteiger charge is 2.22. The zero-order valence-corrected chi connectivity index (χ0v) is 19.3. The van der Waals surface area contributed by atoms with Crippen LogP contribution >= 0.6 is 15.9 Å². The van der Waals surface area contributed by atoms with E-state index in [-0.39, 0.29) is 5.91 Å².